The van der Waals surface area contributed by atoms with Crippen molar-refractivity contribution in [3.8, 4) is 0 Å². The predicted molar refractivity (Wildman–Crippen MR) is 84.9 cm³/mol. The van der Waals surface area contributed by atoms with Crippen molar-refractivity contribution in [1.29, 1.82) is 0 Å². The molecule has 0 radical (unpaired) electrons. The van der Waals surface area contributed by atoms with Crippen LogP contribution in [0.5, 0.6) is 0 Å². The van der Waals surface area contributed by atoms with Gasteiger partial charge in [0.15, 0.2) is 9.84 Å². The van der Waals surface area contributed by atoms with E-state index in [0.29, 0.717) is 29.2 Å². The third-order valence-corrected chi connectivity index (χ3v) is 6.45. The fourth-order valence-corrected chi connectivity index (χ4v) is 5.01. The largest absolute Gasteiger partial charge is 0.385 e. The smallest absolute Gasteiger partial charge is 0.178 e. The average molecular weight is 310 g/mol. The van der Waals surface area contributed by atoms with E-state index in [9.17, 15) is 13.5 Å². The first-order valence-electron chi connectivity index (χ1n) is 7.97. The summed E-state index contributed by atoms with van der Waals surface area (Å²) in [5.41, 5.74) is -0.387. The second-order valence-electron chi connectivity index (χ2n) is 6.22. The Kier molecular flexibility index (Phi) is 5.10. The number of rotatable bonds is 6. The van der Waals surface area contributed by atoms with Crippen molar-refractivity contribution in [2.24, 2.45) is 5.92 Å². The van der Waals surface area contributed by atoms with Crippen LogP contribution in [0.2, 0.25) is 0 Å². The van der Waals surface area contributed by atoms with Crippen LogP contribution in [-0.4, -0.2) is 19.3 Å². The lowest BCUT2D eigenvalue weighted by atomic mass is 9.79. The normalized spacial score (nSPS) is 25.3. The minimum Gasteiger partial charge on any atom is -0.385 e. The Bertz CT molecular complexity index is 579. The molecule has 1 heterocycles. The molecule has 1 N–H and O–H groups in total. The van der Waals surface area contributed by atoms with E-state index >= 15 is 0 Å². The molecule has 2 unspecified atom stereocenters. The third-order valence-electron chi connectivity index (χ3n) is 4.68. The fourth-order valence-electron chi connectivity index (χ4n) is 3.30. The number of benzene rings is 1. The maximum atomic E-state index is 12.2. The van der Waals surface area contributed by atoms with Crippen LogP contribution in [0.15, 0.2) is 29.2 Å². The molecule has 0 saturated heterocycles. The van der Waals surface area contributed by atoms with Crippen LogP contribution in [-0.2, 0) is 15.4 Å². The van der Waals surface area contributed by atoms with Gasteiger partial charge in [0.1, 0.15) is 0 Å². The molecule has 1 aliphatic heterocycles. The molecule has 3 nitrogen and oxygen atoms in total. The van der Waals surface area contributed by atoms with Crippen LogP contribution >= 0.6 is 0 Å². The number of sulfone groups is 1. The molecule has 1 aliphatic rings. The Balaban J connectivity index is 2.30. The molecule has 21 heavy (non-hydrogen) atoms. The molecule has 0 spiro atoms. The second-order valence-corrected chi connectivity index (χ2v) is 8.29. The van der Waals surface area contributed by atoms with Gasteiger partial charge in [-0.3, -0.25) is 0 Å². The van der Waals surface area contributed by atoms with Crippen molar-refractivity contribution in [1.82, 2.24) is 0 Å². The van der Waals surface area contributed by atoms with Gasteiger partial charge < -0.3 is 5.11 Å². The Morgan fingerprint density at radius 1 is 1.29 bits per heavy atom. The number of hydrogen-bond acceptors (Lipinski definition) is 3. The van der Waals surface area contributed by atoms with Crippen molar-refractivity contribution in [3.05, 3.63) is 29.8 Å². The van der Waals surface area contributed by atoms with Gasteiger partial charge in [0.05, 0.1) is 16.2 Å². The molecule has 2 atom stereocenters. The van der Waals surface area contributed by atoms with Crippen LogP contribution in [0.4, 0.5) is 0 Å². The van der Waals surface area contributed by atoms with Crippen molar-refractivity contribution in [3.63, 3.8) is 0 Å². The van der Waals surface area contributed by atoms with Crippen LogP contribution in [0.1, 0.15) is 57.9 Å². The Hall–Kier alpha value is -0.870. The van der Waals surface area contributed by atoms with Crippen molar-refractivity contribution in [2.45, 2.75) is 62.9 Å². The molecular formula is C17H26O3S. The van der Waals surface area contributed by atoms with Crippen molar-refractivity contribution in [2.75, 3.05) is 5.75 Å². The number of unbranched alkanes of at least 4 members (excludes halogenated alkanes) is 1. The summed E-state index contributed by atoms with van der Waals surface area (Å²) in [5, 5.41) is 11.1. The zero-order valence-corrected chi connectivity index (χ0v) is 13.8. The first-order chi connectivity index (χ1) is 9.93. The standard InChI is InChI=1S/C17H26O3S/c1-3-5-8-14(4-2)13-17(18)11-12-21(19,20)16-10-7-6-9-15(16)17/h6-7,9-10,14,18H,3-5,8,11-13H2,1-2H3. The maximum absolute atomic E-state index is 12.2. The summed E-state index contributed by atoms with van der Waals surface area (Å²) in [5.74, 6) is 0.494. The SMILES string of the molecule is CCCCC(CC)CC1(O)CCS(=O)(=O)c2ccccc21. The van der Waals surface area contributed by atoms with Crippen LogP contribution < -0.4 is 0 Å². The zero-order chi connectivity index (χ0) is 15.5. The molecule has 0 aliphatic carbocycles. The lowest BCUT2D eigenvalue weighted by molar-refractivity contribution is 0.000834. The minimum absolute atomic E-state index is 0.0464. The van der Waals surface area contributed by atoms with Crippen LogP contribution in [0, 0.1) is 5.92 Å². The van der Waals surface area contributed by atoms with E-state index in [1.165, 1.54) is 0 Å². The molecule has 0 bridgehead atoms. The Morgan fingerprint density at radius 2 is 2.00 bits per heavy atom. The maximum Gasteiger partial charge on any atom is 0.178 e. The van der Waals surface area contributed by atoms with Gasteiger partial charge in [-0.1, -0.05) is 57.7 Å². The Labute approximate surface area is 128 Å². The van der Waals surface area contributed by atoms with Crippen molar-refractivity contribution < 1.29 is 13.5 Å². The quantitative estimate of drug-likeness (QED) is 0.872. The zero-order valence-electron chi connectivity index (χ0n) is 13.0. The van der Waals surface area contributed by atoms with Gasteiger partial charge in [-0.2, -0.15) is 0 Å². The van der Waals surface area contributed by atoms with Gasteiger partial charge in [-0.25, -0.2) is 8.42 Å². The molecular weight excluding hydrogens is 284 g/mol. The van der Waals surface area contributed by atoms with E-state index in [1.54, 1.807) is 18.2 Å². The van der Waals surface area contributed by atoms with Crippen LogP contribution in [0.3, 0.4) is 0 Å². The highest BCUT2D eigenvalue weighted by Gasteiger charge is 2.41. The molecule has 0 saturated carbocycles. The molecule has 1 aromatic carbocycles. The van der Waals surface area contributed by atoms with E-state index in [-0.39, 0.29) is 5.75 Å². The predicted octanol–water partition coefficient (Wildman–Crippen LogP) is 3.66. The molecule has 0 fully saturated rings. The number of fused-ring (bicyclic) bond motifs is 1. The lowest BCUT2D eigenvalue weighted by Gasteiger charge is -2.36. The van der Waals surface area contributed by atoms with E-state index < -0.39 is 15.4 Å². The minimum atomic E-state index is -3.23. The number of hydrogen-bond donors (Lipinski definition) is 1. The van der Waals surface area contributed by atoms with Gasteiger partial charge in [0.25, 0.3) is 0 Å². The molecule has 4 heteroatoms. The van der Waals surface area contributed by atoms with Crippen LogP contribution in [0.25, 0.3) is 0 Å². The van der Waals surface area contributed by atoms with Gasteiger partial charge in [0.2, 0.25) is 0 Å². The average Bonchev–Trinajstić information content (AvgIpc) is 2.49. The fraction of sp³-hybridized carbons (Fsp3) is 0.647. The van der Waals surface area contributed by atoms with E-state index in [4.69, 9.17) is 0 Å². The van der Waals surface area contributed by atoms with Gasteiger partial charge in [-0.05, 0) is 24.8 Å². The van der Waals surface area contributed by atoms with E-state index in [1.807, 2.05) is 6.07 Å². The summed E-state index contributed by atoms with van der Waals surface area (Å²) < 4.78 is 24.4. The molecule has 0 amide bonds. The highest BCUT2D eigenvalue weighted by Crippen LogP contribution is 2.42. The molecule has 118 valence electrons. The van der Waals surface area contributed by atoms with Crippen molar-refractivity contribution >= 4 is 9.84 Å². The lowest BCUT2D eigenvalue weighted by Crippen LogP contribution is -2.37. The van der Waals surface area contributed by atoms with E-state index in [2.05, 4.69) is 13.8 Å². The van der Waals surface area contributed by atoms with Gasteiger partial charge >= 0.3 is 0 Å². The summed E-state index contributed by atoms with van der Waals surface area (Å²) in [6.07, 6.45) is 5.42. The Morgan fingerprint density at radius 3 is 2.67 bits per heavy atom. The van der Waals surface area contributed by atoms with E-state index in [0.717, 1.165) is 25.7 Å². The van der Waals surface area contributed by atoms with Gasteiger partial charge in [-0.15, -0.1) is 0 Å². The molecule has 1 aromatic rings. The molecule has 0 aromatic heterocycles. The van der Waals surface area contributed by atoms with Gasteiger partial charge in [0, 0.05) is 5.56 Å². The summed E-state index contributed by atoms with van der Waals surface area (Å²) >= 11 is 0. The summed E-state index contributed by atoms with van der Waals surface area (Å²) in [6, 6.07) is 6.95. The number of aliphatic hydroxyl groups is 1. The first-order valence-corrected chi connectivity index (χ1v) is 9.63. The summed E-state index contributed by atoms with van der Waals surface area (Å²) in [6.45, 7) is 4.32. The molecule has 2 rings (SSSR count). The highest BCUT2D eigenvalue weighted by molar-refractivity contribution is 7.91. The summed E-state index contributed by atoms with van der Waals surface area (Å²) in [4.78, 5) is 0.323. The highest BCUT2D eigenvalue weighted by atomic mass is 32.2. The monoisotopic (exact) mass is 310 g/mol. The third kappa shape index (κ3) is 3.49. The first kappa shape index (κ1) is 16.5. The second kappa shape index (κ2) is 6.49. The topological polar surface area (TPSA) is 54.4 Å². The summed E-state index contributed by atoms with van der Waals surface area (Å²) in [7, 11) is -3.23.